The van der Waals surface area contributed by atoms with E-state index in [4.69, 9.17) is 9.97 Å². The lowest BCUT2D eigenvalue weighted by Crippen LogP contribution is -2.12. The summed E-state index contributed by atoms with van der Waals surface area (Å²) in [5.41, 5.74) is 13.3. The summed E-state index contributed by atoms with van der Waals surface area (Å²) in [5.74, 6) is 4.81. The van der Waals surface area contributed by atoms with Crippen LogP contribution in [0.1, 0.15) is 150 Å². The van der Waals surface area contributed by atoms with Gasteiger partial charge < -0.3 is 0 Å². The predicted molar refractivity (Wildman–Crippen MR) is 307 cm³/mol. The number of thiophene rings is 2. The highest BCUT2D eigenvalue weighted by molar-refractivity contribution is 7.26. The summed E-state index contributed by atoms with van der Waals surface area (Å²) in [7, 11) is 0. The van der Waals surface area contributed by atoms with Gasteiger partial charge in [0, 0.05) is 82.0 Å². The van der Waals surface area contributed by atoms with E-state index in [1.54, 1.807) is 0 Å². The van der Waals surface area contributed by atoms with Crippen molar-refractivity contribution in [2.45, 2.75) is 135 Å². The molecule has 4 heterocycles. The summed E-state index contributed by atoms with van der Waals surface area (Å²) < 4.78 is 10.1. The number of fused-ring (bicyclic) bond motifs is 6. The van der Waals surface area contributed by atoms with Gasteiger partial charge in [0.15, 0.2) is 0 Å². The minimum Gasteiger partial charge on any atom is -0.300 e. The third-order valence-corrected chi connectivity index (χ3v) is 16.2. The highest BCUT2D eigenvalue weighted by Crippen LogP contribution is 2.44. The van der Waals surface area contributed by atoms with E-state index in [9.17, 15) is 0 Å². The molecule has 6 heteroatoms. The number of aromatic nitrogens is 4. The second kappa shape index (κ2) is 22.0. The fourth-order valence-electron chi connectivity index (χ4n) is 10.1. The van der Waals surface area contributed by atoms with Gasteiger partial charge in [0.1, 0.15) is 11.6 Å². The van der Waals surface area contributed by atoms with Gasteiger partial charge in [-0.25, -0.2) is 9.97 Å². The van der Waals surface area contributed by atoms with E-state index < -0.39 is 0 Å². The average Bonchev–Trinajstić information content (AvgIpc) is 4.16. The van der Waals surface area contributed by atoms with Crippen LogP contribution in [0.15, 0.2) is 133 Å². The Kier molecular flexibility index (Phi) is 16.4. The minimum atomic E-state index is 0.426. The molecule has 0 saturated carbocycles. The summed E-state index contributed by atoms with van der Waals surface area (Å²) >= 11 is 3.77. The molecule has 0 saturated heterocycles. The number of nitrogens with zero attached hydrogens (tertiary/aromatic N) is 4. The number of hydrogen-bond donors (Lipinski definition) is 0. The van der Waals surface area contributed by atoms with Crippen molar-refractivity contribution in [3.05, 3.63) is 155 Å². The van der Waals surface area contributed by atoms with Gasteiger partial charge in [-0.15, -0.1) is 22.7 Å². The van der Waals surface area contributed by atoms with Gasteiger partial charge >= 0.3 is 0 Å². The van der Waals surface area contributed by atoms with Gasteiger partial charge in [-0.2, -0.15) is 0 Å². The topological polar surface area (TPSA) is 35.6 Å². The summed E-state index contributed by atoms with van der Waals surface area (Å²) in [6, 6.07) is 33.8. The molecule has 0 fully saturated rings. The molecule has 0 radical (unpaired) electrons. The molecule has 0 spiro atoms. The maximum Gasteiger partial charge on any atom is 0.144 e. The van der Waals surface area contributed by atoms with Crippen molar-refractivity contribution in [3.63, 3.8) is 0 Å². The molecule has 1 unspecified atom stereocenters. The zero-order chi connectivity index (χ0) is 49.8. The van der Waals surface area contributed by atoms with Gasteiger partial charge in [0.2, 0.25) is 0 Å². The van der Waals surface area contributed by atoms with E-state index in [-0.39, 0.29) is 0 Å². The molecule has 0 aliphatic rings. The molecule has 9 rings (SSSR count). The van der Waals surface area contributed by atoms with Crippen molar-refractivity contribution in [1.29, 1.82) is 0 Å². The molecule has 0 aliphatic heterocycles. The summed E-state index contributed by atoms with van der Waals surface area (Å²) in [6.45, 7) is 36.0. The Balaban J connectivity index is 0.000000198. The van der Waals surface area contributed by atoms with Crippen LogP contribution in [0, 0.1) is 24.7 Å². The van der Waals surface area contributed by atoms with Crippen molar-refractivity contribution < 1.29 is 0 Å². The highest BCUT2D eigenvalue weighted by Gasteiger charge is 2.25. The fraction of sp³-hybridized carbons (Fsp3) is 0.365. The van der Waals surface area contributed by atoms with Crippen LogP contribution in [0.2, 0.25) is 0 Å². The zero-order valence-electron chi connectivity index (χ0n) is 44.3. The van der Waals surface area contributed by atoms with Gasteiger partial charge in [-0.3, -0.25) is 9.13 Å². The van der Waals surface area contributed by atoms with Crippen LogP contribution in [-0.4, -0.2) is 19.1 Å². The molecule has 0 amide bonds. The number of allylic oxidation sites excluding steroid dienone is 4. The van der Waals surface area contributed by atoms with E-state index in [1.165, 1.54) is 96.3 Å². The summed E-state index contributed by atoms with van der Waals surface area (Å²) in [5, 5.41) is 5.31. The lowest BCUT2D eigenvalue weighted by atomic mass is 9.86. The molecule has 1 atom stereocenters. The second-order valence-corrected chi connectivity index (χ2v) is 22.1. The van der Waals surface area contributed by atoms with E-state index in [2.05, 4.69) is 216 Å². The Bertz CT molecular complexity index is 3240. The largest absolute Gasteiger partial charge is 0.300 e. The quantitative estimate of drug-likeness (QED) is 0.114. The number of imidazole rings is 2. The lowest BCUT2D eigenvalue weighted by molar-refractivity contribution is 0.536. The lowest BCUT2D eigenvalue weighted by Gasteiger charge is -2.25. The summed E-state index contributed by atoms with van der Waals surface area (Å²) in [4.78, 5) is 9.90. The molecule has 0 N–H and O–H groups in total. The van der Waals surface area contributed by atoms with Crippen molar-refractivity contribution in [2.75, 3.05) is 0 Å². The van der Waals surface area contributed by atoms with Crippen LogP contribution in [0.25, 0.3) is 74.5 Å². The Morgan fingerprint density at radius 1 is 0.580 bits per heavy atom. The van der Waals surface area contributed by atoms with E-state index in [0.717, 1.165) is 18.1 Å². The van der Waals surface area contributed by atoms with Crippen LogP contribution in [0.3, 0.4) is 0 Å². The van der Waals surface area contributed by atoms with Crippen molar-refractivity contribution in [3.8, 4) is 28.5 Å². The van der Waals surface area contributed by atoms with Gasteiger partial charge in [0.25, 0.3) is 0 Å². The number of aryl methyl sites for hydroxylation is 1. The minimum absolute atomic E-state index is 0.426. The van der Waals surface area contributed by atoms with Crippen molar-refractivity contribution in [2.24, 2.45) is 17.8 Å². The predicted octanol–water partition coefficient (Wildman–Crippen LogP) is 20.0. The first-order valence-corrected chi connectivity index (χ1v) is 27.3. The van der Waals surface area contributed by atoms with Crippen LogP contribution in [0.5, 0.6) is 0 Å². The van der Waals surface area contributed by atoms with E-state index >= 15 is 0 Å². The molecule has 9 aromatic rings. The van der Waals surface area contributed by atoms with Gasteiger partial charge in [0.05, 0.1) is 5.69 Å². The smallest absolute Gasteiger partial charge is 0.144 e. The SMILES string of the molecule is C/C=C(\C(=C(/CC)C(C)C)n1ccnc1-c1cc2c(cc1C)sc1ccccc12)C(C)C.CC.CC(C)c1cccc(C(C)C)c1-n1ccnc1-c1cc2c(cc1C(C)C(C)C)sc1ccccc12. The average molecular weight is 953 g/mol. The zero-order valence-corrected chi connectivity index (χ0v) is 46.0. The normalized spacial score (nSPS) is 13.0. The van der Waals surface area contributed by atoms with Crippen molar-refractivity contribution in [1.82, 2.24) is 19.1 Å². The molecule has 4 aromatic heterocycles. The Morgan fingerprint density at radius 2 is 1.12 bits per heavy atom. The summed E-state index contributed by atoms with van der Waals surface area (Å²) in [6.07, 6.45) is 11.5. The van der Waals surface area contributed by atoms with E-state index in [1.807, 2.05) is 48.9 Å². The molecule has 4 nitrogen and oxygen atoms in total. The van der Waals surface area contributed by atoms with Crippen LogP contribution in [0.4, 0.5) is 0 Å². The molecule has 69 heavy (non-hydrogen) atoms. The van der Waals surface area contributed by atoms with Crippen LogP contribution < -0.4 is 0 Å². The van der Waals surface area contributed by atoms with Crippen LogP contribution in [-0.2, 0) is 0 Å². The third-order valence-electron chi connectivity index (χ3n) is 13.9. The number of rotatable bonds is 12. The van der Waals surface area contributed by atoms with E-state index in [0.29, 0.717) is 35.5 Å². The first-order valence-electron chi connectivity index (χ1n) is 25.6. The molecule has 360 valence electrons. The maximum absolute atomic E-state index is 5.00. The number of hydrogen-bond acceptors (Lipinski definition) is 4. The molecular formula is C63H76N4S2. The maximum atomic E-state index is 5.00. The number of benzene rings is 5. The highest BCUT2D eigenvalue weighted by atomic mass is 32.1. The Hall–Kier alpha value is -5.56. The first-order chi connectivity index (χ1) is 33.1. The molecular weight excluding hydrogens is 877 g/mol. The first kappa shape index (κ1) is 51.3. The standard InChI is InChI=1S/C32H36N2S.C29H34N2S.C2H6/c1-19(2)22(7)26-18-30-27(25-11-8-9-14-29(25)35-30)17-28(26)32-33-15-16-34(32)31-23(20(3)4)12-10-13-24(31)21(5)6;1-8-21(18(3)4)28(22(9-2)19(5)6)31-15-14-30-29(31)24-17-25-23-12-10-11-13-26(23)32-27(25)16-20(24)7;1-2/h8-22H,1-7H3;8,10-19H,9H2,1-7H3;1-2H3/b;21-8-,28-22-;. The molecule has 0 bridgehead atoms. The Labute approximate surface area is 421 Å². The number of para-hydroxylation sites is 1. The van der Waals surface area contributed by atoms with Crippen LogP contribution >= 0.6 is 22.7 Å². The monoisotopic (exact) mass is 953 g/mol. The third kappa shape index (κ3) is 10.1. The molecule has 5 aromatic carbocycles. The van der Waals surface area contributed by atoms with Gasteiger partial charge in [-0.1, -0.05) is 158 Å². The fourth-order valence-corrected chi connectivity index (χ4v) is 12.4. The second-order valence-electron chi connectivity index (χ2n) is 19.9. The molecule has 0 aliphatic carbocycles. The van der Waals surface area contributed by atoms with Crippen molar-refractivity contribution >= 4 is 68.7 Å². The van der Waals surface area contributed by atoms with Gasteiger partial charge in [-0.05, 0) is 126 Å². The Morgan fingerprint density at radius 3 is 1.64 bits per heavy atom.